The van der Waals surface area contributed by atoms with E-state index in [0.29, 0.717) is 17.5 Å². The highest BCUT2D eigenvalue weighted by Gasteiger charge is 2.27. The first kappa shape index (κ1) is 21.4. The van der Waals surface area contributed by atoms with E-state index in [0.717, 1.165) is 23.4 Å². The Morgan fingerprint density at radius 2 is 1.90 bits per heavy atom. The summed E-state index contributed by atoms with van der Waals surface area (Å²) in [5, 5.41) is 15.3. The van der Waals surface area contributed by atoms with E-state index in [1.54, 1.807) is 0 Å². The average Bonchev–Trinajstić information content (AvgIpc) is 3.42. The molecule has 2 N–H and O–H groups in total. The second-order valence-electron chi connectivity index (χ2n) is 7.89. The Hall–Kier alpha value is -2.28. The average molecular weight is 415 g/mol. The molecule has 29 heavy (non-hydrogen) atoms. The molecule has 2 atom stereocenters. The molecule has 1 aromatic heterocycles. The van der Waals surface area contributed by atoms with Crippen LogP contribution in [0.15, 0.2) is 30.3 Å². The van der Waals surface area contributed by atoms with Gasteiger partial charge >= 0.3 is 0 Å². The predicted octanol–water partition coefficient (Wildman–Crippen LogP) is 4.64. The molecule has 0 spiro atoms. The van der Waals surface area contributed by atoms with Gasteiger partial charge in [-0.05, 0) is 18.3 Å². The molecule has 7 heteroatoms. The van der Waals surface area contributed by atoms with Crippen LogP contribution in [0.4, 0.5) is 5.13 Å². The zero-order valence-electron chi connectivity index (χ0n) is 17.2. The SMILES string of the molecule is CCC(C)C(NC(=O)CCC1CCCC1)C(=O)Nc1nnc(-c2ccccc2)s1. The van der Waals surface area contributed by atoms with E-state index in [-0.39, 0.29) is 17.7 Å². The summed E-state index contributed by atoms with van der Waals surface area (Å²) in [6.45, 7) is 4.01. The Labute approximate surface area is 176 Å². The third-order valence-electron chi connectivity index (χ3n) is 5.74. The quantitative estimate of drug-likeness (QED) is 0.626. The van der Waals surface area contributed by atoms with Gasteiger partial charge < -0.3 is 5.32 Å². The fraction of sp³-hybridized carbons (Fsp3) is 0.545. The Kier molecular flexibility index (Phi) is 7.75. The minimum Gasteiger partial charge on any atom is -0.344 e. The number of nitrogens with one attached hydrogen (secondary N) is 2. The number of carbonyl (C=O) groups is 2. The summed E-state index contributed by atoms with van der Waals surface area (Å²) >= 11 is 1.33. The molecule has 0 radical (unpaired) electrons. The molecule has 0 saturated heterocycles. The molecule has 0 aliphatic heterocycles. The number of carbonyl (C=O) groups excluding carboxylic acids is 2. The molecular formula is C22H30N4O2S. The topological polar surface area (TPSA) is 84.0 Å². The summed E-state index contributed by atoms with van der Waals surface area (Å²) < 4.78 is 0. The van der Waals surface area contributed by atoms with Crippen molar-refractivity contribution in [3.63, 3.8) is 0 Å². The lowest BCUT2D eigenvalue weighted by Gasteiger charge is -2.23. The van der Waals surface area contributed by atoms with E-state index in [9.17, 15) is 9.59 Å². The fourth-order valence-corrected chi connectivity index (χ4v) is 4.49. The van der Waals surface area contributed by atoms with Gasteiger partial charge in [0.1, 0.15) is 11.0 Å². The summed E-state index contributed by atoms with van der Waals surface area (Å²) in [5.74, 6) is 0.422. The molecular weight excluding hydrogens is 384 g/mol. The van der Waals surface area contributed by atoms with E-state index in [1.807, 2.05) is 44.2 Å². The molecule has 2 amide bonds. The predicted molar refractivity (Wildman–Crippen MR) is 117 cm³/mol. The van der Waals surface area contributed by atoms with Crippen LogP contribution in [0.1, 0.15) is 58.8 Å². The van der Waals surface area contributed by atoms with E-state index in [2.05, 4.69) is 20.8 Å². The van der Waals surface area contributed by atoms with Gasteiger partial charge in [-0.1, -0.05) is 87.6 Å². The zero-order chi connectivity index (χ0) is 20.6. The maximum absolute atomic E-state index is 12.9. The van der Waals surface area contributed by atoms with Crippen LogP contribution in [-0.4, -0.2) is 28.1 Å². The standard InChI is InChI=1S/C22H30N4O2S/c1-3-15(2)19(23-18(27)14-13-16-9-7-8-10-16)20(28)24-22-26-25-21(29-22)17-11-5-4-6-12-17/h4-6,11-12,15-16,19H,3,7-10,13-14H2,1-2H3,(H,23,27)(H,24,26,28). The normalized spacial score (nSPS) is 16.3. The number of rotatable bonds is 9. The molecule has 2 aromatic rings. The van der Waals surface area contributed by atoms with Gasteiger partial charge in [0.25, 0.3) is 0 Å². The number of anilines is 1. The largest absolute Gasteiger partial charge is 0.344 e. The summed E-state index contributed by atoms with van der Waals surface area (Å²) in [6, 6.07) is 9.17. The van der Waals surface area contributed by atoms with Crippen molar-refractivity contribution in [2.24, 2.45) is 11.8 Å². The molecule has 1 aliphatic carbocycles. The van der Waals surface area contributed by atoms with Crippen LogP contribution in [0.25, 0.3) is 10.6 Å². The number of nitrogens with zero attached hydrogens (tertiary/aromatic N) is 2. The van der Waals surface area contributed by atoms with Crippen molar-refractivity contribution in [2.75, 3.05) is 5.32 Å². The summed E-state index contributed by atoms with van der Waals surface area (Å²) in [4.78, 5) is 25.3. The van der Waals surface area contributed by atoms with Crippen LogP contribution >= 0.6 is 11.3 Å². The van der Waals surface area contributed by atoms with Crippen LogP contribution in [0, 0.1) is 11.8 Å². The first-order chi connectivity index (χ1) is 14.1. The molecule has 1 heterocycles. The molecule has 156 valence electrons. The van der Waals surface area contributed by atoms with E-state index >= 15 is 0 Å². The minimum atomic E-state index is -0.569. The number of benzene rings is 1. The van der Waals surface area contributed by atoms with E-state index in [1.165, 1.54) is 37.0 Å². The maximum atomic E-state index is 12.9. The monoisotopic (exact) mass is 414 g/mol. The van der Waals surface area contributed by atoms with Gasteiger partial charge in [0.15, 0.2) is 0 Å². The van der Waals surface area contributed by atoms with Crippen LogP contribution in [0.2, 0.25) is 0 Å². The number of hydrogen-bond donors (Lipinski definition) is 2. The van der Waals surface area contributed by atoms with Crippen LogP contribution in [0.3, 0.4) is 0 Å². The van der Waals surface area contributed by atoms with Crippen molar-refractivity contribution in [2.45, 2.75) is 64.8 Å². The van der Waals surface area contributed by atoms with Gasteiger partial charge in [-0.25, -0.2) is 0 Å². The zero-order valence-corrected chi connectivity index (χ0v) is 18.0. The second kappa shape index (κ2) is 10.5. The van der Waals surface area contributed by atoms with Gasteiger partial charge in [0, 0.05) is 12.0 Å². The second-order valence-corrected chi connectivity index (χ2v) is 8.87. The number of aromatic nitrogens is 2. The third-order valence-corrected chi connectivity index (χ3v) is 6.63. The van der Waals surface area contributed by atoms with Crippen molar-refractivity contribution in [1.29, 1.82) is 0 Å². The molecule has 0 bridgehead atoms. The van der Waals surface area contributed by atoms with Gasteiger partial charge in [-0.2, -0.15) is 0 Å². The minimum absolute atomic E-state index is 0.0342. The Morgan fingerprint density at radius 3 is 2.59 bits per heavy atom. The molecule has 6 nitrogen and oxygen atoms in total. The molecule has 3 rings (SSSR count). The molecule has 1 aliphatic rings. The number of hydrogen-bond acceptors (Lipinski definition) is 5. The third kappa shape index (κ3) is 6.10. The van der Waals surface area contributed by atoms with E-state index < -0.39 is 6.04 Å². The van der Waals surface area contributed by atoms with Crippen molar-refractivity contribution in [3.8, 4) is 10.6 Å². The lowest BCUT2D eigenvalue weighted by Crippen LogP contribution is -2.47. The van der Waals surface area contributed by atoms with Gasteiger partial charge in [0.05, 0.1) is 0 Å². The maximum Gasteiger partial charge on any atom is 0.249 e. The van der Waals surface area contributed by atoms with Crippen molar-refractivity contribution in [3.05, 3.63) is 30.3 Å². The van der Waals surface area contributed by atoms with Crippen molar-refractivity contribution in [1.82, 2.24) is 15.5 Å². The van der Waals surface area contributed by atoms with Gasteiger partial charge in [0.2, 0.25) is 16.9 Å². The highest BCUT2D eigenvalue weighted by atomic mass is 32.1. The number of amides is 2. The van der Waals surface area contributed by atoms with Crippen LogP contribution < -0.4 is 10.6 Å². The highest BCUT2D eigenvalue weighted by molar-refractivity contribution is 7.18. The first-order valence-corrected chi connectivity index (χ1v) is 11.4. The molecule has 1 saturated carbocycles. The summed E-state index contributed by atoms with van der Waals surface area (Å²) in [7, 11) is 0. The summed E-state index contributed by atoms with van der Waals surface area (Å²) in [6.07, 6.45) is 7.20. The van der Waals surface area contributed by atoms with Crippen LogP contribution in [-0.2, 0) is 9.59 Å². The van der Waals surface area contributed by atoms with E-state index in [4.69, 9.17) is 0 Å². The lowest BCUT2D eigenvalue weighted by molar-refractivity contribution is -0.127. The van der Waals surface area contributed by atoms with Crippen molar-refractivity contribution >= 4 is 28.3 Å². The fourth-order valence-electron chi connectivity index (χ4n) is 3.74. The van der Waals surface area contributed by atoms with Crippen LogP contribution in [0.5, 0.6) is 0 Å². The Morgan fingerprint density at radius 1 is 1.17 bits per heavy atom. The van der Waals surface area contributed by atoms with Gasteiger partial charge in [-0.15, -0.1) is 10.2 Å². The van der Waals surface area contributed by atoms with Gasteiger partial charge in [-0.3, -0.25) is 14.9 Å². The highest BCUT2D eigenvalue weighted by Crippen LogP contribution is 2.29. The Balaban J connectivity index is 1.58. The molecule has 1 aromatic carbocycles. The lowest BCUT2D eigenvalue weighted by atomic mass is 9.97. The molecule has 2 unspecified atom stereocenters. The van der Waals surface area contributed by atoms with Crippen molar-refractivity contribution < 1.29 is 9.59 Å². The smallest absolute Gasteiger partial charge is 0.249 e. The molecule has 1 fully saturated rings. The Bertz CT molecular complexity index is 802. The summed E-state index contributed by atoms with van der Waals surface area (Å²) in [5.41, 5.74) is 0.962. The first-order valence-electron chi connectivity index (χ1n) is 10.6.